The van der Waals surface area contributed by atoms with Gasteiger partial charge in [-0.05, 0) is 42.2 Å². The third-order valence-corrected chi connectivity index (χ3v) is 4.42. The first-order valence-electron chi connectivity index (χ1n) is 9.62. The molecule has 30 heavy (non-hydrogen) atoms. The van der Waals surface area contributed by atoms with Crippen LogP contribution in [0.5, 0.6) is 0 Å². The van der Waals surface area contributed by atoms with Crippen molar-refractivity contribution in [2.45, 2.75) is 26.3 Å². The van der Waals surface area contributed by atoms with Gasteiger partial charge in [0, 0.05) is 17.8 Å². The molecule has 2 rings (SSSR count). The number of amides is 3. The van der Waals surface area contributed by atoms with Crippen LogP contribution in [-0.2, 0) is 16.0 Å². The molecule has 0 aliphatic heterocycles. The summed E-state index contributed by atoms with van der Waals surface area (Å²) in [6, 6.07) is 15.8. The molecule has 0 heterocycles. The van der Waals surface area contributed by atoms with Crippen LogP contribution < -0.4 is 21.7 Å². The van der Waals surface area contributed by atoms with Crippen LogP contribution in [0.15, 0.2) is 54.6 Å². The highest BCUT2D eigenvalue weighted by Crippen LogP contribution is 2.09. The zero-order chi connectivity index (χ0) is 21.2. The van der Waals surface area contributed by atoms with Gasteiger partial charge in [0.05, 0.1) is 12.6 Å². The van der Waals surface area contributed by atoms with Crippen molar-refractivity contribution in [1.29, 1.82) is 0 Å². The van der Waals surface area contributed by atoms with E-state index in [9.17, 15) is 14.4 Å². The SMILES string of the molecule is CC(C)[C@H](N)C(=O)NCC(=O)Nc1ccc(C(=O)NCCc2ccccc2)cc1.Cl. The van der Waals surface area contributed by atoms with E-state index in [1.807, 2.05) is 44.2 Å². The number of halogens is 1. The summed E-state index contributed by atoms with van der Waals surface area (Å²) in [4.78, 5) is 35.9. The Hall–Kier alpha value is -2.90. The number of benzene rings is 2. The molecule has 1 atom stereocenters. The summed E-state index contributed by atoms with van der Waals surface area (Å²) in [5.74, 6) is -0.912. The molecule has 3 amide bonds. The van der Waals surface area contributed by atoms with Gasteiger partial charge in [-0.3, -0.25) is 14.4 Å². The molecule has 8 heteroatoms. The van der Waals surface area contributed by atoms with Crippen molar-refractivity contribution < 1.29 is 14.4 Å². The van der Waals surface area contributed by atoms with Gasteiger partial charge in [0.2, 0.25) is 11.8 Å². The number of nitrogens with one attached hydrogen (secondary N) is 3. The molecular weight excluding hydrogens is 404 g/mol. The largest absolute Gasteiger partial charge is 0.352 e. The quantitative estimate of drug-likeness (QED) is 0.486. The zero-order valence-corrected chi connectivity index (χ0v) is 18.0. The lowest BCUT2D eigenvalue weighted by molar-refractivity contribution is -0.125. The lowest BCUT2D eigenvalue weighted by Gasteiger charge is -2.15. The van der Waals surface area contributed by atoms with Crippen molar-refractivity contribution in [1.82, 2.24) is 10.6 Å². The molecule has 7 nitrogen and oxygen atoms in total. The molecule has 0 bridgehead atoms. The zero-order valence-electron chi connectivity index (χ0n) is 17.2. The average molecular weight is 433 g/mol. The third kappa shape index (κ3) is 8.23. The van der Waals surface area contributed by atoms with E-state index in [4.69, 9.17) is 5.73 Å². The van der Waals surface area contributed by atoms with Crippen molar-refractivity contribution in [3.8, 4) is 0 Å². The van der Waals surface area contributed by atoms with Crippen molar-refractivity contribution in [3.63, 3.8) is 0 Å². The summed E-state index contributed by atoms with van der Waals surface area (Å²) in [6.07, 6.45) is 0.757. The van der Waals surface area contributed by atoms with Crippen LogP contribution in [0.2, 0.25) is 0 Å². The molecule has 5 N–H and O–H groups in total. The van der Waals surface area contributed by atoms with Crippen LogP contribution in [0, 0.1) is 5.92 Å². The summed E-state index contributed by atoms with van der Waals surface area (Å²) in [5, 5.41) is 8.05. The summed E-state index contributed by atoms with van der Waals surface area (Å²) in [7, 11) is 0. The highest BCUT2D eigenvalue weighted by Gasteiger charge is 2.17. The van der Waals surface area contributed by atoms with Gasteiger partial charge in [-0.15, -0.1) is 12.4 Å². The fourth-order valence-electron chi connectivity index (χ4n) is 2.57. The summed E-state index contributed by atoms with van der Waals surface area (Å²) < 4.78 is 0. The summed E-state index contributed by atoms with van der Waals surface area (Å²) in [6.45, 7) is 4.05. The normalized spacial score (nSPS) is 11.2. The second kappa shape index (κ2) is 12.6. The molecule has 0 aliphatic carbocycles. The number of hydrogen-bond donors (Lipinski definition) is 4. The van der Waals surface area contributed by atoms with E-state index in [1.165, 1.54) is 0 Å². The smallest absolute Gasteiger partial charge is 0.251 e. The van der Waals surface area contributed by atoms with Gasteiger partial charge in [0.1, 0.15) is 0 Å². The number of carbonyl (C=O) groups is 3. The fourth-order valence-corrected chi connectivity index (χ4v) is 2.57. The minimum Gasteiger partial charge on any atom is -0.352 e. The lowest BCUT2D eigenvalue weighted by Crippen LogP contribution is -2.46. The Kier molecular flexibility index (Phi) is 10.6. The number of carbonyl (C=O) groups excluding carboxylic acids is 3. The first-order valence-corrected chi connectivity index (χ1v) is 9.62. The van der Waals surface area contributed by atoms with Crippen LogP contribution in [0.25, 0.3) is 0 Å². The highest BCUT2D eigenvalue weighted by atomic mass is 35.5. The Bertz CT molecular complexity index is 826. The van der Waals surface area contributed by atoms with Crippen molar-refractivity contribution in [2.24, 2.45) is 11.7 Å². The lowest BCUT2D eigenvalue weighted by atomic mass is 10.1. The minimum absolute atomic E-state index is 0. The van der Waals surface area contributed by atoms with E-state index in [1.54, 1.807) is 24.3 Å². The molecule has 0 radical (unpaired) electrons. The molecule has 0 fully saturated rings. The van der Waals surface area contributed by atoms with Gasteiger partial charge >= 0.3 is 0 Å². The summed E-state index contributed by atoms with van der Waals surface area (Å²) in [5.41, 5.74) is 7.94. The molecule has 0 unspecified atom stereocenters. The number of rotatable bonds is 9. The van der Waals surface area contributed by atoms with Gasteiger partial charge in [-0.2, -0.15) is 0 Å². The predicted molar refractivity (Wildman–Crippen MR) is 121 cm³/mol. The van der Waals surface area contributed by atoms with Gasteiger partial charge in [-0.1, -0.05) is 44.2 Å². The molecular formula is C22H29ClN4O3. The number of hydrogen-bond acceptors (Lipinski definition) is 4. The Labute approximate surface area is 183 Å². The fraction of sp³-hybridized carbons (Fsp3) is 0.318. The minimum atomic E-state index is -0.650. The Morgan fingerprint density at radius 2 is 1.57 bits per heavy atom. The van der Waals surface area contributed by atoms with Gasteiger partial charge in [0.25, 0.3) is 5.91 Å². The molecule has 0 saturated heterocycles. The van der Waals surface area contributed by atoms with Gasteiger partial charge in [-0.25, -0.2) is 0 Å². The maximum absolute atomic E-state index is 12.2. The number of nitrogens with two attached hydrogens (primary N) is 1. The van der Waals surface area contributed by atoms with Crippen molar-refractivity contribution in [2.75, 3.05) is 18.4 Å². The Morgan fingerprint density at radius 3 is 2.17 bits per heavy atom. The molecule has 2 aromatic rings. The topological polar surface area (TPSA) is 113 Å². The molecule has 0 aliphatic rings. The van der Waals surface area contributed by atoms with Gasteiger partial charge in [0.15, 0.2) is 0 Å². The van der Waals surface area contributed by atoms with E-state index in [-0.39, 0.29) is 42.6 Å². The molecule has 0 saturated carbocycles. The van der Waals surface area contributed by atoms with E-state index in [0.29, 0.717) is 17.8 Å². The van der Waals surface area contributed by atoms with Crippen LogP contribution in [0.4, 0.5) is 5.69 Å². The van der Waals surface area contributed by atoms with E-state index >= 15 is 0 Å². The van der Waals surface area contributed by atoms with Crippen LogP contribution in [0.3, 0.4) is 0 Å². The average Bonchev–Trinajstić information content (AvgIpc) is 2.72. The van der Waals surface area contributed by atoms with Crippen LogP contribution in [-0.4, -0.2) is 36.9 Å². The van der Waals surface area contributed by atoms with Crippen LogP contribution >= 0.6 is 12.4 Å². The highest BCUT2D eigenvalue weighted by molar-refractivity contribution is 5.97. The van der Waals surface area contributed by atoms with E-state index in [2.05, 4.69) is 16.0 Å². The first kappa shape index (κ1) is 25.1. The maximum Gasteiger partial charge on any atom is 0.251 e. The molecule has 2 aromatic carbocycles. The maximum atomic E-state index is 12.2. The third-order valence-electron chi connectivity index (χ3n) is 4.42. The molecule has 0 aromatic heterocycles. The molecule has 0 spiro atoms. The number of anilines is 1. The van der Waals surface area contributed by atoms with E-state index < -0.39 is 6.04 Å². The Balaban J connectivity index is 0.00000450. The second-order valence-electron chi connectivity index (χ2n) is 7.10. The van der Waals surface area contributed by atoms with Crippen LogP contribution in [0.1, 0.15) is 29.8 Å². The van der Waals surface area contributed by atoms with Crippen molar-refractivity contribution >= 4 is 35.8 Å². The van der Waals surface area contributed by atoms with Gasteiger partial charge < -0.3 is 21.7 Å². The first-order chi connectivity index (χ1) is 13.9. The summed E-state index contributed by atoms with van der Waals surface area (Å²) >= 11 is 0. The predicted octanol–water partition coefficient (Wildman–Crippen LogP) is 2.12. The second-order valence-corrected chi connectivity index (χ2v) is 7.10. The van der Waals surface area contributed by atoms with Crippen molar-refractivity contribution in [3.05, 3.63) is 65.7 Å². The van der Waals surface area contributed by atoms with E-state index in [0.717, 1.165) is 12.0 Å². The Morgan fingerprint density at radius 1 is 0.933 bits per heavy atom. The molecule has 162 valence electrons. The standard InChI is InChI=1S/C22H28N4O3.ClH/c1-15(2)20(23)22(29)25-14-19(27)26-18-10-8-17(9-11-18)21(28)24-13-12-16-6-4-3-5-7-16;/h3-11,15,20H,12-14,23H2,1-2H3,(H,24,28)(H,25,29)(H,26,27);1H/t20-;/m0./s1. The monoisotopic (exact) mass is 432 g/mol.